The molecule has 10 nitrogen and oxygen atoms in total. The number of benzene rings is 2. The summed E-state index contributed by atoms with van der Waals surface area (Å²) in [5.41, 5.74) is 2.32. The number of methoxy groups -OCH3 is 1. The molecule has 2 amide bonds. The molecule has 1 atom stereocenters. The van der Waals surface area contributed by atoms with Crippen LogP contribution in [-0.4, -0.2) is 71.9 Å². The van der Waals surface area contributed by atoms with Gasteiger partial charge in [0.2, 0.25) is 5.91 Å². The summed E-state index contributed by atoms with van der Waals surface area (Å²) >= 11 is 5.68. The van der Waals surface area contributed by atoms with Crippen LogP contribution in [-0.2, 0) is 30.4 Å². The summed E-state index contributed by atoms with van der Waals surface area (Å²) < 4.78 is 17.9. The van der Waals surface area contributed by atoms with Gasteiger partial charge in [0.05, 0.1) is 25.5 Å². The minimum atomic E-state index is -0.537. The highest BCUT2D eigenvalue weighted by atomic mass is 32.1. The van der Waals surface area contributed by atoms with E-state index in [1.165, 1.54) is 16.9 Å². The van der Waals surface area contributed by atoms with Crippen LogP contribution in [0.15, 0.2) is 60.4 Å². The first-order chi connectivity index (χ1) is 19.9. The number of hydrogen-bond donors (Lipinski definition) is 1. The Morgan fingerprint density at radius 2 is 1.93 bits per heavy atom. The minimum absolute atomic E-state index is 0.0528. The summed E-state index contributed by atoms with van der Waals surface area (Å²) in [4.78, 5) is 41.8. The molecule has 2 aliphatic rings. The molecule has 0 spiro atoms. The quantitative estimate of drug-likeness (QED) is 0.222. The SMILES string of the molecule is CCOc1ccc(N2C(=O)/C(=C/c3cn(CC(=O)NC[C@H]4CCCO4)c4ccccc34)N(CC(=O)OC)C2=S)cc1. The first kappa shape index (κ1) is 28.3. The molecule has 0 radical (unpaired) electrons. The van der Waals surface area contributed by atoms with E-state index in [0.29, 0.717) is 30.2 Å². The van der Waals surface area contributed by atoms with Crippen molar-refractivity contribution >= 4 is 57.8 Å². The Morgan fingerprint density at radius 1 is 1.15 bits per heavy atom. The Morgan fingerprint density at radius 3 is 2.63 bits per heavy atom. The monoisotopic (exact) mass is 576 g/mol. The van der Waals surface area contributed by atoms with Crippen LogP contribution in [0.1, 0.15) is 25.3 Å². The summed E-state index contributed by atoms with van der Waals surface area (Å²) in [5, 5.41) is 3.97. The molecular formula is C30H32N4O6S. The lowest BCUT2D eigenvalue weighted by molar-refractivity contribution is -0.140. The van der Waals surface area contributed by atoms with Crippen LogP contribution in [0.3, 0.4) is 0 Å². The summed E-state index contributed by atoms with van der Waals surface area (Å²) in [6, 6.07) is 14.7. The van der Waals surface area contributed by atoms with Gasteiger partial charge in [-0.1, -0.05) is 18.2 Å². The average Bonchev–Trinajstić information content (AvgIpc) is 3.68. The van der Waals surface area contributed by atoms with Crippen molar-refractivity contribution in [3.63, 3.8) is 0 Å². The molecule has 0 bridgehead atoms. The molecule has 2 aromatic carbocycles. The molecule has 1 aromatic heterocycles. The Balaban J connectivity index is 1.46. The number of ether oxygens (including phenoxy) is 3. The van der Waals surface area contributed by atoms with E-state index < -0.39 is 5.97 Å². The van der Waals surface area contributed by atoms with E-state index >= 15 is 0 Å². The number of rotatable bonds is 10. The first-order valence-corrected chi connectivity index (χ1v) is 13.9. The van der Waals surface area contributed by atoms with Crippen molar-refractivity contribution < 1.29 is 28.6 Å². The van der Waals surface area contributed by atoms with Crippen LogP contribution in [0.25, 0.3) is 17.0 Å². The largest absolute Gasteiger partial charge is 0.494 e. The Kier molecular flexibility index (Phi) is 8.65. The maximum absolute atomic E-state index is 13.8. The molecule has 11 heteroatoms. The molecule has 41 heavy (non-hydrogen) atoms. The standard InChI is InChI=1S/C30H32N4O6S/c1-3-39-22-12-10-21(11-13-22)34-29(37)26(33(30(34)41)19-28(36)38-2)15-20-17-32(25-9-5-4-8-24(20)25)18-27(35)31-16-23-7-6-14-40-23/h4-5,8-13,15,17,23H,3,6-7,14,16,18-19H2,1-2H3,(H,31,35)/b26-15-/t23-/m1/s1. The van der Waals surface area contributed by atoms with Crippen LogP contribution < -0.4 is 15.0 Å². The smallest absolute Gasteiger partial charge is 0.325 e. The van der Waals surface area contributed by atoms with Crippen LogP contribution >= 0.6 is 12.2 Å². The predicted molar refractivity (Wildman–Crippen MR) is 158 cm³/mol. The highest BCUT2D eigenvalue weighted by Crippen LogP contribution is 2.32. The van der Waals surface area contributed by atoms with Gasteiger partial charge in [0.15, 0.2) is 5.11 Å². The number of fused-ring (bicyclic) bond motifs is 1. The van der Waals surface area contributed by atoms with Crippen LogP contribution in [0, 0.1) is 0 Å². The fourth-order valence-electron chi connectivity index (χ4n) is 5.02. The normalized spacial score (nSPS) is 18.0. The Hall–Kier alpha value is -4.22. The molecule has 3 heterocycles. The first-order valence-electron chi connectivity index (χ1n) is 13.5. The van der Waals surface area contributed by atoms with Crippen LogP contribution in [0.2, 0.25) is 0 Å². The third-order valence-corrected chi connectivity index (χ3v) is 7.44. The molecule has 0 unspecified atom stereocenters. The van der Waals surface area contributed by atoms with E-state index in [1.807, 2.05) is 42.0 Å². The van der Waals surface area contributed by atoms with Crippen molar-refractivity contribution in [3.8, 4) is 5.75 Å². The van der Waals surface area contributed by atoms with Crippen LogP contribution in [0.5, 0.6) is 5.75 Å². The zero-order chi connectivity index (χ0) is 28.9. The number of carbonyl (C=O) groups is 3. The minimum Gasteiger partial charge on any atom is -0.494 e. The molecule has 3 aromatic rings. The maximum atomic E-state index is 13.8. The molecule has 2 fully saturated rings. The van der Waals surface area contributed by atoms with Gasteiger partial charge < -0.3 is 29.0 Å². The lowest BCUT2D eigenvalue weighted by Crippen LogP contribution is -2.35. The van der Waals surface area contributed by atoms with Crippen molar-refractivity contribution in [1.29, 1.82) is 0 Å². The van der Waals surface area contributed by atoms with E-state index in [1.54, 1.807) is 30.3 Å². The van der Waals surface area contributed by atoms with Gasteiger partial charge in [0, 0.05) is 35.8 Å². The van der Waals surface area contributed by atoms with Crippen molar-refractivity contribution in [2.24, 2.45) is 0 Å². The zero-order valence-corrected chi connectivity index (χ0v) is 23.8. The lowest BCUT2D eigenvalue weighted by atomic mass is 10.1. The van der Waals surface area contributed by atoms with Crippen molar-refractivity contribution in [1.82, 2.24) is 14.8 Å². The van der Waals surface area contributed by atoms with Crippen molar-refractivity contribution in [2.75, 3.05) is 38.3 Å². The number of nitrogens with zero attached hydrogens (tertiary/aromatic N) is 3. The van der Waals surface area contributed by atoms with Gasteiger partial charge in [0.25, 0.3) is 5.91 Å². The molecule has 5 rings (SSSR count). The van der Waals surface area contributed by atoms with Gasteiger partial charge in [-0.05, 0) is 68.4 Å². The molecule has 1 N–H and O–H groups in total. The fourth-order valence-corrected chi connectivity index (χ4v) is 5.38. The number of aromatic nitrogens is 1. The van der Waals surface area contributed by atoms with Gasteiger partial charge >= 0.3 is 5.97 Å². The second kappa shape index (κ2) is 12.5. The number of anilines is 1. The van der Waals surface area contributed by atoms with E-state index in [0.717, 1.165) is 30.4 Å². The molecule has 0 saturated carbocycles. The number of carbonyl (C=O) groups excluding carboxylic acids is 3. The van der Waals surface area contributed by atoms with Crippen molar-refractivity contribution in [3.05, 3.63) is 66.0 Å². The third kappa shape index (κ3) is 6.10. The summed E-state index contributed by atoms with van der Waals surface area (Å²) in [6.07, 6.45) is 5.53. The summed E-state index contributed by atoms with van der Waals surface area (Å²) in [7, 11) is 1.29. The topological polar surface area (TPSA) is 102 Å². The molecule has 2 saturated heterocycles. The van der Waals surface area contributed by atoms with Crippen molar-refractivity contribution in [2.45, 2.75) is 32.4 Å². The van der Waals surface area contributed by atoms with E-state index in [-0.39, 0.29) is 41.8 Å². The predicted octanol–water partition coefficient (Wildman–Crippen LogP) is 3.48. The lowest BCUT2D eigenvalue weighted by Gasteiger charge is -2.19. The van der Waals surface area contributed by atoms with Gasteiger partial charge in [-0.25, -0.2) is 0 Å². The van der Waals surface area contributed by atoms with Gasteiger partial charge in [0.1, 0.15) is 24.5 Å². The fraction of sp³-hybridized carbons (Fsp3) is 0.333. The number of hydrogen-bond acceptors (Lipinski definition) is 7. The van der Waals surface area contributed by atoms with E-state index in [9.17, 15) is 14.4 Å². The molecule has 214 valence electrons. The number of nitrogens with one attached hydrogen (secondary N) is 1. The zero-order valence-electron chi connectivity index (χ0n) is 23.0. The van der Waals surface area contributed by atoms with E-state index in [4.69, 9.17) is 26.4 Å². The summed E-state index contributed by atoms with van der Waals surface area (Å²) in [6.45, 7) is 3.49. The van der Waals surface area contributed by atoms with Gasteiger partial charge in [-0.15, -0.1) is 0 Å². The second-order valence-electron chi connectivity index (χ2n) is 9.71. The molecule has 2 aliphatic heterocycles. The molecular weight excluding hydrogens is 544 g/mol. The van der Waals surface area contributed by atoms with Gasteiger partial charge in [-0.2, -0.15) is 0 Å². The Bertz CT molecular complexity index is 1490. The van der Waals surface area contributed by atoms with Gasteiger partial charge in [-0.3, -0.25) is 19.3 Å². The highest BCUT2D eigenvalue weighted by Gasteiger charge is 2.40. The third-order valence-electron chi connectivity index (χ3n) is 7.03. The maximum Gasteiger partial charge on any atom is 0.325 e. The Labute approximate surface area is 243 Å². The molecule has 0 aliphatic carbocycles. The number of thiocarbonyl (C=S) groups is 1. The van der Waals surface area contributed by atoms with E-state index in [2.05, 4.69) is 5.32 Å². The van der Waals surface area contributed by atoms with Crippen LogP contribution in [0.4, 0.5) is 5.69 Å². The number of amides is 2. The number of para-hydroxylation sites is 1. The highest BCUT2D eigenvalue weighted by molar-refractivity contribution is 7.80. The average molecular weight is 577 g/mol. The summed E-state index contributed by atoms with van der Waals surface area (Å²) in [5.74, 6) is -0.379. The number of esters is 1. The second-order valence-corrected chi connectivity index (χ2v) is 10.1.